The van der Waals surface area contributed by atoms with E-state index in [4.69, 9.17) is 4.74 Å². The molecule has 0 bridgehead atoms. The number of hydrogen-bond acceptors (Lipinski definition) is 2. The molecule has 1 aliphatic carbocycles. The van der Waals surface area contributed by atoms with E-state index in [1.54, 1.807) is 0 Å². The van der Waals surface area contributed by atoms with Gasteiger partial charge in [-0.2, -0.15) is 0 Å². The third-order valence-electron chi connectivity index (χ3n) is 4.48. The lowest BCUT2D eigenvalue weighted by Crippen LogP contribution is -2.26. The monoisotopic (exact) mass is 339 g/mol. The first-order valence-corrected chi connectivity index (χ1v) is 8.56. The number of halogens is 1. The quantitative estimate of drug-likeness (QED) is 0.807. The molecule has 0 amide bonds. The second-order valence-electron chi connectivity index (χ2n) is 5.87. The van der Waals surface area contributed by atoms with Crippen LogP contribution in [0.5, 0.6) is 5.75 Å². The zero-order valence-corrected chi connectivity index (χ0v) is 14.4. The van der Waals surface area contributed by atoms with Crippen LogP contribution in [0.4, 0.5) is 0 Å². The molecular formula is C17H26BrNO. The lowest BCUT2D eigenvalue weighted by molar-refractivity contribution is 0.120. The van der Waals surface area contributed by atoms with Crippen LogP contribution in [0.15, 0.2) is 22.7 Å². The summed E-state index contributed by atoms with van der Waals surface area (Å²) in [6, 6.07) is 6.66. The minimum Gasteiger partial charge on any atom is -0.490 e. The van der Waals surface area contributed by atoms with Crippen LogP contribution in [0.1, 0.15) is 57.6 Å². The van der Waals surface area contributed by atoms with E-state index >= 15 is 0 Å². The molecule has 0 heterocycles. The van der Waals surface area contributed by atoms with Gasteiger partial charge in [-0.3, -0.25) is 0 Å². The van der Waals surface area contributed by atoms with E-state index in [0.717, 1.165) is 16.1 Å². The van der Waals surface area contributed by atoms with Crippen molar-refractivity contribution in [2.45, 2.75) is 58.1 Å². The average molecular weight is 340 g/mol. The van der Waals surface area contributed by atoms with E-state index in [9.17, 15) is 0 Å². The van der Waals surface area contributed by atoms with Crippen LogP contribution in [0.3, 0.4) is 0 Å². The Kier molecular flexibility index (Phi) is 5.91. The summed E-state index contributed by atoms with van der Waals surface area (Å²) < 4.78 is 7.44. The third kappa shape index (κ3) is 3.98. The maximum atomic E-state index is 6.35. The van der Waals surface area contributed by atoms with Crippen molar-refractivity contribution in [1.82, 2.24) is 5.32 Å². The highest BCUT2D eigenvalue weighted by Crippen LogP contribution is 2.34. The Bertz CT molecular complexity index is 435. The van der Waals surface area contributed by atoms with Gasteiger partial charge >= 0.3 is 0 Å². The van der Waals surface area contributed by atoms with Gasteiger partial charge in [0.25, 0.3) is 0 Å². The van der Waals surface area contributed by atoms with Crippen molar-refractivity contribution in [2.24, 2.45) is 5.92 Å². The van der Waals surface area contributed by atoms with Gasteiger partial charge in [0.2, 0.25) is 0 Å². The Labute approximate surface area is 131 Å². The largest absolute Gasteiger partial charge is 0.490 e. The highest BCUT2D eigenvalue weighted by atomic mass is 79.9. The second-order valence-corrected chi connectivity index (χ2v) is 6.79. The summed E-state index contributed by atoms with van der Waals surface area (Å²) in [6.45, 7) is 4.46. The van der Waals surface area contributed by atoms with E-state index in [1.165, 1.54) is 37.7 Å². The number of benzene rings is 1. The number of nitrogens with one attached hydrogen (secondary N) is 1. The fourth-order valence-electron chi connectivity index (χ4n) is 3.02. The molecule has 112 valence electrons. The summed E-state index contributed by atoms with van der Waals surface area (Å²) >= 11 is 3.56. The predicted molar refractivity (Wildman–Crippen MR) is 88.3 cm³/mol. The lowest BCUT2D eigenvalue weighted by atomic mass is 9.85. The molecule has 1 aliphatic rings. The SMILES string of the molecule is CCC1CCCC(Oc2cc(Br)ccc2C(C)NC)C1. The molecule has 1 aromatic rings. The Morgan fingerprint density at radius 3 is 2.90 bits per heavy atom. The highest BCUT2D eigenvalue weighted by molar-refractivity contribution is 9.10. The van der Waals surface area contributed by atoms with Crippen molar-refractivity contribution in [1.29, 1.82) is 0 Å². The van der Waals surface area contributed by atoms with Crippen molar-refractivity contribution >= 4 is 15.9 Å². The van der Waals surface area contributed by atoms with Gasteiger partial charge < -0.3 is 10.1 Å². The average Bonchev–Trinajstić information content (AvgIpc) is 2.47. The molecule has 3 atom stereocenters. The van der Waals surface area contributed by atoms with Crippen molar-refractivity contribution in [3.8, 4) is 5.75 Å². The summed E-state index contributed by atoms with van der Waals surface area (Å²) in [6.07, 6.45) is 6.72. The van der Waals surface area contributed by atoms with Crippen LogP contribution in [-0.4, -0.2) is 13.2 Å². The Balaban J connectivity index is 2.13. The van der Waals surface area contributed by atoms with Crippen molar-refractivity contribution < 1.29 is 4.74 Å². The number of hydrogen-bond donors (Lipinski definition) is 1. The fraction of sp³-hybridized carbons (Fsp3) is 0.647. The zero-order chi connectivity index (χ0) is 14.5. The molecule has 20 heavy (non-hydrogen) atoms. The summed E-state index contributed by atoms with van der Waals surface area (Å²) in [7, 11) is 1.99. The molecule has 3 heteroatoms. The molecule has 3 unspecified atom stereocenters. The predicted octanol–water partition coefficient (Wildman–Crippen LogP) is 5.08. The van der Waals surface area contributed by atoms with Gasteiger partial charge in [0.15, 0.2) is 0 Å². The Morgan fingerprint density at radius 1 is 1.40 bits per heavy atom. The Hall–Kier alpha value is -0.540. The van der Waals surface area contributed by atoms with Crippen LogP contribution in [0.2, 0.25) is 0 Å². The molecular weight excluding hydrogens is 314 g/mol. The number of ether oxygens (including phenoxy) is 1. The van der Waals surface area contributed by atoms with Gasteiger partial charge in [-0.15, -0.1) is 0 Å². The van der Waals surface area contributed by atoms with E-state index in [2.05, 4.69) is 53.3 Å². The van der Waals surface area contributed by atoms with E-state index < -0.39 is 0 Å². The van der Waals surface area contributed by atoms with Crippen molar-refractivity contribution in [3.05, 3.63) is 28.2 Å². The van der Waals surface area contributed by atoms with Gasteiger partial charge in [0.1, 0.15) is 5.75 Å². The maximum absolute atomic E-state index is 6.35. The summed E-state index contributed by atoms with van der Waals surface area (Å²) in [5.74, 6) is 1.87. The van der Waals surface area contributed by atoms with E-state index in [0.29, 0.717) is 12.1 Å². The van der Waals surface area contributed by atoms with Crippen LogP contribution in [0.25, 0.3) is 0 Å². The van der Waals surface area contributed by atoms with Crippen LogP contribution < -0.4 is 10.1 Å². The molecule has 0 aliphatic heterocycles. The normalized spacial score (nSPS) is 24.4. The molecule has 2 nitrogen and oxygen atoms in total. The molecule has 1 fully saturated rings. The zero-order valence-electron chi connectivity index (χ0n) is 12.8. The first-order valence-electron chi connectivity index (χ1n) is 7.77. The molecule has 1 aromatic carbocycles. The second kappa shape index (κ2) is 7.46. The van der Waals surface area contributed by atoms with E-state index in [1.807, 2.05) is 7.05 Å². The summed E-state index contributed by atoms with van der Waals surface area (Å²) in [5.41, 5.74) is 1.24. The molecule has 0 saturated heterocycles. The molecule has 2 rings (SSSR count). The molecule has 1 N–H and O–H groups in total. The lowest BCUT2D eigenvalue weighted by Gasteiger charge is -2.30. The van der Waals surface area contributed by atoms with Gasteiger partial charge in [0.05, 0.1) is 6.10 Å². The van der Waals surface area contributed by atoms with Crippen molar-refractivity contribution in [2.75, 3.05) is 7.05 Å². The summed E-state index contributed by atoms with van der Waals surface area (Å²) in [4.78, 5) is 0. The van der Waals surface area contributed by atoms with Gasteiger partial charge in [-0.05, 0) is 51.3 Å². The standard InChI is InChI=1S/C17H26BrNO/c1-4-13-6-5-7-15(10-13)20-17-11-14(18)8-9-16(17)12(2)19-3/h8-9,11-13,15,19H,4-7,10H2,1-3H3. The Morgan fingerprint density at radius 2 is 2.20 bits per heavy atom. The fourth-order valence-corrected chi connectivity index (χ4v) is 3.36. The first-order chi connectivity index (χ1) is 9.63. The smallest absolute Gasteiger partial charge is 0.125 e. The van der Waals surface area contributed by atoms with Crippen LogP contribution in [0, 0.1) is 5.92 Å². The minimum atomic E-state index is 0.309. The molecule has 1 saturated carbocycles. The third-order valence-corrected chi connectivity index (χ3v) is 4.97. The van der Waals surface area contributed by atoms with Crippen LogP contribution >= 0.6 is 15.9 Å². The highest BCUT2D eigenvalue weighted by Gasteiger charge is 2.23. The summed E-state index contributed by atoms with van der Waals surface area (Å²) in [5, 5.41) is 3.30. The van der Waals surface area contributed by atoms with Gasteiger partial charge in [-0.1, -0.05) is 41.8 Å². The molecule has 0 radical (unpaired) electrons. The van der Waals surface area contributed by atoms with E-state index in [-0.39, 0.29) is 0 Å². The topological polar surface area (TPSA) is 21.3 Å². The first kappa shape index (κ1) is 15.8. The molecule has 0 aromatic heterocycles. The maximum Gasteiger partial charge on any atom is 0.125 e. The molecule has 0 spiro atoms. The van der Waals surface area contributed by atoms with Gasteiger partial charge in [-0.25, -0.2) is 0 Å². The number of rotatable bonds is 5. The minimum absolute atomic E-state index is 0.309. The van der Waals surface area contributed by atoms with Gasteiger partial charge in [0, 0.05) is 16.1 Å². The van der Waals surface area contributed by atoms with Crippen molar-refractivity contribution in [3.63, 3.8) is 0 Å². The van der Waals surface area contributed by atoms with Crippen LogP contribution in [-0.2, 0) is 0 Å².